The minimum absolute atomic E-state index is 0.0621. The molecule has 0 radical (unpaired) electrons. The van der Waals surface area contributed by atoms with Gasteiger partial charge >= 0.3 is 5.97 Å². The van der Waals surface area contributed by atoms with Crippen molar-refractivity contribution in [2.24, 2.45) is 11.5 Å². The Kier molecular flexibility index (Phi) is 7.64. The number of carbonyl (C=O) groups is 3. The number of nitrogens with two attached hydrogens (primary N) is 2. The number of carbonyl (C=O) groups excluding carboxylic acids is 2. The van der Waals surface area contributed by atoms with E-state index in [0.29, 0.717) is 6.61 Å². The van der Waals surface area contributed by atoms with Gasteiger partial charge in [0, 0.05) is 20.1 Å². The van der Waals surface area contributed by atoms with E-state index in [4.69, 9.17) is 21.3 Å². The van der Waals surface area contributed by atoms with Crippen LogP contribution in [-0.2, 0) is 19.1 Å². The SMILES string of the molecule is COCCC(N)C(=O)NC(CCC(N)=O)C(=O)O. The van der Waals surface area contributed by atoms with E-state index in [1.165, 1.54) is 7.11 Å². The van der Waals surface area contributed by atoms with Gasteiger partial charge < -0.3 is 26.6 Å². The number of carboxylic acid groups (broad SMARTS) is 1. The third-order valence-electron chi connectivity index (χ3n) is 2.26. The number of hydrogen-bond acceptors (Lipinski definition) is 5. The molecule has 8 heteroatoms. The van der Waals surface area contributed by atoms with Gasteiger partial charge in [-0.25, -0.2) is 4.79 Å². The van der Waals surface area contributed by atoms with Crippen molar-refractivity contribution in [2.75, 3.05) is 13.7 Å². The highest BCUT2D eigenvalue weighted by Crippen LogP contribution is 1.99. The van der Waals surface area contributed by atoms with Crippen LogP contribution in [0.2, 0.25) is 0 Å². The number of ether oxygens (including phenoxy) is 1. The molecule has 0 fully saturated rings. The molecule has 0 aliphatic rings. The lowest BCUT2D eigenvalue weighted by Crippen LogP contribution is -2.49. The van der Waals surface area contributed by atoms with Crippen molar-refractivity contribution in [3.63, 3.8) is 0 Å². The molecular formula is C10H19N3O5. The molecule has 2 amide bonds. The van der Waals surface area contributed by atoms with Crippen molar-refractivity contribution in [3.8, 4) is 0 Å². The first-order valence-electron chi connectivity index (χ1n) is 5.44. The Hall–Kier alpha value is -1.67. The molecule has 0 spiro atoms. The van der Waals surface area contributed by atoms with Gasteiger partial charge in [-0.1, -0.05) is 0 Å². The molecule has 0 aliphatic carbocycles. The Morgan fingerprint density at radius 3 is 2.39 bits per heavy atom. The zero-order valence-corrected chi connectivity index (χ0v) is 10.2. The summed E-state index contributed by atoms with van der Waals surface area (Å²) < 4.78 is 4.76. The molecule has 0 aromatic rings. The van der Waals surface area contributed by atoms with Crippen LogP contribution in [0.5, 0.6) is 0 Å². The van der Waals surface area contributed by atoms with E-state index < -0.39 is 29.9 Å². The fourth-order valence-corrected chi connectivity index (χ4v) is 1.20. The topological polar surface area (TPSA) is 145 Å². The van der Waals surface area contributed by atoms with Crippen LogP contribution in [0.3, 0.4) is 0 Å². The molecule has 0 aliphatic heterocycles. The van der Waals surface area contributed by atoms with Crippen LogP contribution < -0.4 is 16.8 Å². The van der Waals surface area contributed by atoms with Crippen LogP contribution in [-0.4, -0.2) is 48.7 Å². The summed E-state index contributed by atoms with van der Waals surface area (Å²) in [5.41, 5.74) is 10.4. The predicted octanol–water partition coefficient (Wildman–Crippen LogP) is -1.81. The van der Waals surface area contributed by atoms with Gasteiger partial charge in [-0.2, -0.15) is 0 Å². The summed E-state index contributed by atoms with van der Waals surface area (Å²) in [6, 6.07) is -2.01. The van der Waals surface area contributed by atoms with E-state index in [1.54, 1.807) is 0 Å². The number of methoxy groups -OCH3 is 1. The van der Waals surface area contributed by atoms with E-state index in [1.807, 2.05) is 0 Å². The quantitative estimate of drug-likeness (QED) is 0.385. The highest BCUT2D eigenvalue weighted by molar-refractivity contribution is 5.87. The molecule has 0 rings (SSSR count). The molecule has 0 aromatic carbocycles. The van der Waals surface area contributed by atoms with Crippen molar-refractivity contribution < 1.29 is 24.2 Å². The standard InChI is InChI=1S/C10H19N3O5/c1-18-5-4-6(11)9(15)13-7(10(16)17)2-3-8(12)14/h6-7H,2-5,11H2,1H3,(H2,12,14)(H,13,15)(H,16,17). The number of nitrogens with one attached hydrogen (secondary N) is 1. The highest BCUT2D eigenvalue weighted by atomic mass is 16.5. The fourth-order valence-electron chi connectivity index (χ4n) is 1.20. The van der Waals surface area contributed by atoms with Crippen LogP contribution in [0.25, 0.3) is 0 Å². The fraction of sp³-hybridized carbons (Fsp3) is 0.700. The second kappa shape index (κ2) is 8.43. The normalized spacial score (nSPS) is 13.7. The molecular weight excluding hydrogens is 242 g/mol. The van der Waals surface area contributed by atoms with Crippen LogP contribution in [0.4, 0.5) is 0 Å². The maximum absolute atomic E-state index is 11.5. The van der Waals surface area contributed by atoms with E-state index in [9.17, 15) is 14.4 Å². The summed E-state index contributed by atoms with van der Waals surface area (Å²) in [5, 5.41) is 11.1. The summed E-state index contributed by atoms with van der Waals surface area (Å²) in [7, 11) is 1.47. The smallest absolute Gasteiger partial charge is 0.326 e. The molecule has 0 bridgehead atoms. The number of primary amides is 1. The summed E-state index contributed by atoms with van der Waals surface area (Å²) in [5.74, 6) is -2.45. The van der Waals surface area contributed by atoms with Gasteiger partial charge in [0.25, 0.3) is 0 Å². The monoisotopic (exact) mass is 261 g/mol. The first kappa shape index (κ1) is 16.3. The Bertz CT molecular complexity index is 308. The Balaban J connectivity index is 4.26. The Morgan fingerprint density at radius 1 is 1.33 bits per heavy atom. The summed E-state index contributed by atoms with van der Waals surface area (Å²) in [4.78, 5) is 33.0. The molecule has 2 atom stereocenters. The Morgan fingerprint density at radius 2 is 1.94 bits per heavy atom. The average molecular weight is 261 g/mol. The Labute approximate surface area is 105 Å². The molecule has 0 aromatic heterocycles. The molecule has 0 saturated heterocycles. The van der Waals surface area contributed by atoms with Crippen molar-refractivity contribution in [1.82, 2.24) is 5.32 Å². The number of aliphatic carboxylic acids is 1. The van der Waals surface area contributed by atoms with Crippen molar-refractivity contribution in [1.29, 1.82) is 0 Å². The number of amides is 2. The van der Waals surface area contributed by atoms with E-state index in [0.717, 1.165) is 0 Å². The third kappa shape index (κ3) is 6.81. The number of hydrogen-bond donors (Lipinski definition) is 4. The second-order valence-corrected chi connectivity index (χ2v) is 3.79. The van der Waals surface area contributed by atoms with Crippen LogP contribution in [0.1, 0.15) is 19.3 Å². The van der Waals surface area contributed by atoms with Gasteiger partial charge in [0.1, 0.15) is 6.04 Å². The molecule has 2 unspecified atom stereocenters. The van der Waals surface area contributed by atoms with E-state index >= 15 is 0 Å². The van der Waals surface area contributed by atoms with Crippen LogP contribution >= 0.6 is 0 Å². The van der Waals surface area contributed by atoms with Crippen LogP contribution in [0.15, 0.2) is 0 Å². The van der Waals surface area contributed by atoms with E-state index in [2.05, 4.69) is 5.32 Å². The largest absolute Gasteiger partial charge is 0.480 e. The van der Waals surface area contributed by atoms with Gasteiger partial charge in [0.2, 0.25) is 11.8 Å². The lowest BCUT2D eigenvalue weighted by molar-refractivity contribution is -0.142. The molecule has 6 N–H and O–H groups in total. The van der Waals surface area contributed by atoms with Crippen LogP contribution in [0, 0.1) is 0 Å². The zero-order valence-electron chi connectivity index (χ0n) is 10.2. The molecule has 0 heterocycles. The van der Waals surface area contributed by atoms with Gasteiger partial charge in [-0.3, -0.25) is 9.59 Å². The van der Waals surface area contributed by atoms with Gasteiger partial charge in [-0.15, -0.1) is 0 Å². The number of carboxylic acids is 1. The van der Waals surface area contributed by atoms with Crippen molar-refractivity contribution in [2.45, 2.75) is 31.3 Å². The third-order valence-corrected chi connectivity index (χ3v) is 2.26. The minimum atomic E-state index is -1.23. The molecule has 18 heavy (non-hydrogen) atoms. The summed E-state index contributed by atoms with van der Waals surface area (Å²) >= 11 is 0. The van der Waals surface area contributed by atoms with Crippen molar-refractivity contribution >= 4 is 17.8 Å². The first-order valence-corrected chi connectivity index (χ1v) is 5.44. The highest BCUT2D eigenvalue weighted by Gasteiger charge is 2.23. The maximum Gasteiger partial charge on any atom is 0.326 e. The predicted molar refractivity (Wildman–Crippen MR) is 62.5 cm³/mol. The molecule has 0 saturated carbocycles. The van der Waals surface area contributed by atoms with Crippen molar-refractivity contribution in [3.05, 3.63) is 0 Å². The first-order chi connectivity index (χ1) is 8.38. The molecule has 104 valence electrons. The number of rotatable bonds is 9. The lowest BCUT2D eigenvalue weighted by atomic mass is 10.1. The molecule has 8 nitrogen and oxygen atoms in total. The van der Waals surface area contributed by atoms with Gasteiger partial charge in [0.15, 0.2) is 0 Å². The minimum Gasteiger partial charge on any atom is -0.480 e. The van der Waals surface area contributed by atoms with Gasteiger partial charge in [0.05, 0.1) is 6.04 Å². The zero-order chi connectivity index (χ0) is 14.1. The maximum atomic E-state index is 11.5. The summed E-state index contributed by atoms with van der Waals surface area (Å²) in [6.07, 6.45) is 0.0997. The lowest BCUT2D eigenvalue weighted by Gasteiger charge is -2.17. The van der Waals surface area contributed by atoms with Gasteiger partial charge in [-0.05, 0) is 12.8 Å². The van der Waals surface area contributed by atoms with E-state index in [-0.39, 0.29) is 19.3 Å². The average Bonchev–Trinajstić information content (AvgIpc) is 2.30. The summed E-state index contributed by atoms with van der Waals surface area (Å²) in [6.45, 7) is 0.299. The second-order valence-electron chi connectivity index (χ2n) is 3.79.